The number of non-ortho nitro benzene ring substituents is 2. The molecule has 39 heavy (non-hydrogen) atoms. The van der Waals surface area contributed by atoms with E-state index in [4.69, 9.17) is 15.2 Å². The summed E-state index contributed by atoms with van der Waals surface area (Å²) in [6.45, 7) is 1.52. The van der Waals surface area contributed by atoms with Crippen molar-refractivity contribution >= 4 is 52.1 Å². The van der Waals surface area contributed by atoms with Gasteiger partial charge in [0.15, 0.2) is 0 Å². The van der Waals surface area contributed by atoms with Crippen molar-refractivity contribution in [2.45, 2.75) is 12.8 Å². The second-order valence-electron chi connectivity index (χ2n) is 8.12. The summed E-state index contributed by atoms with van der Waals surface area (Å²) in [6.07, 6.45) is 1.39. The third-order valence-corrected chi connectivity index (χ3v) is 6.95. The molecule has 0 fully saturated rings. The monoisotopic (exact) mass is 552 g/mol. The van der Waals surface area contributed by atoms with E-state index in [0.717, 1.165) is 23.0 Å². The highest BCUT2D eigenvalue weighted by Gasteiger charge is 2.40. The minimum Gasteiger partial charge on any atom is -0.466 e. The predicted molar refractivity (Wildman–Crippen MR) is 140 cm³/mol. The molecule has 4 rings (SSSR count). The number of esters is 2. The van der Waals surface area contributed by atoms with Crippen molar-refractivity contribution < 1.29 is 28.9 Å². The Morgan fingerprint density at radius 2 is 1.69 bits per heavy atom. The number of nitrogens with two attached hydrogens (primary N) is 1. The Labute approximate surface area is 223 Å². The van der Waals surface area contributed by atoms with Crippen LogP contribution >= 0.6 is 11.3 Å². The molecule has 3 aromatic rings. The molecular weight excluding hydrogens is 532 g/mol. The average Bonchev–Trinajstić information content (AvgIpc) is 3.23. The number of carbonyl (C=O) groups is 2. The van der Waals surface area contributed by atoms with E-state index >= 15 is 0 Å². The number of hydrogen-bond acceptors (Lipinski definition) is 11. The van der Waals surface area contributed by atoms with Crippen LogP contribution in [0.15, 0.2) is 58.9 Å². The first-order valence-corrected chi connectivity index (χ1v) is 12.1. The summed E-state index contributed by atoms with van der Waals surface area (Å²) < 4.78 is 11.2. The zero-order valence-electron chi connectivity index (χ0n) is 20.5. The average molecular weight is 553 g/mol. The van der Waals surface area contributed by atoms with Crippen LogP contribution in [-0.2, 0) is 19.1 Å². The minimum atomic E-state index is -1.26. The molecular formula is C25H20N4O9S. The quantitative estimate of drug-likeness (QED) is 0.255. The van der Waals surface area contributed by atoms with Crippen LogP contribution in [0.2, 0.25) is 0 Å². The van der Waals surface area contributed by atoms with Gasteiger partial charge in [0.05, 0.1) is 45.2 Å². The summed E-state index contributed by atoms with van der Waals surface area (Å²) in [5, 5.41) is 22.6. The number of benzene rings is 2. The maximum absolute atomic E-state index is 13.5. The van der Waals surface area contributed by atoms with E-state index in [-0.39, 0.29) is 49.7 Å². The van der Waals surface area contributed by atoms with E-state index < -0.39 is 33.3 Å². The van der Waals surface area contributed by atoms with E-state index in [2.05, 4.69) is 0 Å². The lowest BCUT2D eigenvalue weighted by Gasteiger charge is -2.26. The Bertz CT molecular complexity index is 1750. The molecule has 0 unspecified atom stereocenters. The summed E-state index contributed by atoms with van der Waals surface area (Å²) in [5.74, 6) is -3.43. The molecule has 1 aliphatic rings. The maximum atomic E-state index is 13.5. The molecule has 0 saturated heterocycles. The number of fused-ring (bicyclic) bond motifs is 1. The van der Waals surface area contributed by atoms with Gasteiger partial charge < -0.3 is 15.2 Å². The molecule has 14 heteroatoms. The lowest BCUT2D eigenvalue weighted by Crippen LogP contribution is -2.41. The number of carbonyl (C=O) groups excluding carboxylic acids is 2. The smallest absolute Gasteiger partial charge is 0.338 e. The molecule has 0 spiro atoms. The van der Waals surface area contributed by atoms with Crippen LogP contribution in [0.4, 0.5) is 11.4 Å². The Morgan fingerprint density at radius 3 is 2.31 bits per heavy atom. The highest BCUT2D eigenvalue weighted by molar-refractivity contribution is 7.07. The van der Waals surface area contributed by atoms with Gasteiger partial charge in [0.2, 0.25) is 0 Å². The van der Waals surface area contributed by atoms with Gasteiger partial charge in [-0.2, -0.15) is 0 Å². The zero-order chi connectivity index (χ0) is 28.4. The van der Waals surface area contributed by atoms with Crippen LogP contribution in [0.5, 0.6) is 0 Å². The van der Waals surface area contributed by atoms with E-state index in [9.17, 15) is 34.6 Å². The zero-order valence-corrected chi connectivity index (χ0v) is 21.3. The number of thiazole rings is 1. The van der Waals surface area contributed by atoms with Gasteiger partial charge in [-0.05, 0) is 24.1 Å². The molecule has 2 N–H and O–H groups in total. The van der Waals surface area contributed by atoms with Crippen LogP contribution in [-0.4, -0.2) is 40.1 Å². The van der Waals surface area contributed by atoms with Gasteiger partial charge in [-0.1, -0.05) is 24.3 Å². The Balaban J connectivity index is 2.12. The molecule has 13 nitrogen and oxygen atoms in total. The largest absolute Gasteiger partial charge is 0.466 e. The number of nitro benzene ring substituents is 2. The molecule has 2 aromatic carbocycles. The van der Waals surface area contributed by atoms with Gasteiger partial charge >= 0.3 is 11.9 Å². The Morgan fingerprint density at radius 1 is 1.05 bits per heavy atom. The third kappa shape index (κ3) is 4.92. The molecule has 1 aliphatic heterocycles. The van der Waals surface area contributed by atoms with Crippen LogP contribution in [0.1, 0.15) is 24.0 Å². The van der Waals surface area contributed by atoms with E-state index in [1.807, 2.05) is 0 Å². The standard InChI is InChI=1S/C25H20N4O9S/c1-3-38-25(32)20-18(14-7-5-9-16(12-14)29(35)36)19(24(31)37-2)21(26)27-22(30)17(39-23(20)27)11-13-6-4-8-15(10-13)28(33)34/h4-12,18H,3,26H2,1-2H3/b17-11-/t18-/m1/s1. The molecule has 200 valence electrons. The summed E-state index contributed by atoms with van der Waals surface area (Å²) in [4.78, 5) is 61.2. The van der Waals surface area contributed by atoms with Crippen LogP contribution in [0.25, 0.3) is 17.5 Å². The number of ether oxygens (including phenoxy) is 2. The lowest BCUT2D eigenvalue weighted by atomic mass is 9.83. The van der Waals surface area contributed by atoms with Crippen molar-refractivity contribution in [3.63, 3.8) is 0 Å². The van der Waals surface area contributed by atoms with Crippen molar-refractivity contribution in [3.05, 3.63) is 105 Å². The van der Waals surface area contributed by atoms with Crippen LogP contribution in [0, 0.1) is 20.2 Å². The summed E-state index contributed by atoms with van der Waals surface area (Å²) in [6, 6.07) is 10.9. The van der Waals surface area contributed by atoms with Gasteiger partial charge in [-0.3, -0.25) is 29.6 Å². The number of methoxy groups -OCH3 is 1. The van der Waals surface area contributed by atoms with Gasteiger partial charge in [0.1, 0.15) is 10.5 Å². The number of rotatable bonds is 7. The fourth-order valence-corrected chi connectivity index (χ4v) is 5.36. The van der Waals surface area contributed by atoms with Crippen molar-refractivity contribution in [2.24, 2.45) is 5.73 Å². The number of nitrogens with zero attached hydrogens (tertiary/aromatic N) is 3. The SMILES string of the molecule is CCOC(=O)C1=c2s/c(=C\c3cccc([N+](=O)[O-])c3)c(=O)n2C(N)=C(C(=O)OC)[C@H]1c1cccc([N+](=O)[O-])c1. The second-order valence-corrected chi connectivity index (χ2v) is 9.15. The third-order valence-electron chi connectivity index (χ3n) is 5.84. The van der Waals surface area contributed by atoms with Gasteiger partial charge in [-0.25, -0.2) is 9.59 Å². The second kappa shape index (κ2) is 10.7. The van der Waals surface area contributed by atoms with Crippen molar-refractivity contribution in [1.82, 2.24) is 4.57 Å². The fraction of sp³-hybridized carbons (Fsp3) is 0.160. The normalized spacial score (nSPS) is 15.1. The first kappa shape index (κ1) is 26.9. The summed E-state index contributed by atoms with van der Waals surface area (Å²) >= 11 is 0.854. The highest BCUT2D eigenvalue weighted by Crippen LogP contribution is 2.38. The first-order chi connectivity index (χ1) is 18.6. The van der Waals surface area contributed by atoms with Crippen LogP contribution in [0.3, 0.4) is 0 Å². The first-order valence-electron chi connectivity index (χ1n) is 11.3. The van der Waals surface area contributed by atoms with Gasteiger partial charge in [-0.15, -0.1) is 11.3 Å². The predicted octanol–water partition coefficient (Wildman–Crippen LogP) is 1.37. The molecule has 2 heterocycles. The topological polar surface area (TPSA) is 187 Å². The van der Waals surface area contributed by atoms with Crippen LogP contribution < -0.4 is 20.5 Å². The fourth-order valence-electron chi connectivity index (χ4n) is 4.19. The van der Waals surface area contributed by atoms with Gasteiger partial charge in [0.25, 0.3) is 16.9 Å². The van der Waals surface area contributed by atoms with Crippen molar-refractivity contribution in [2.75, 3.05) is 13.7 Å². The Hall–Kier alpha value is -5.11. The summed E-state index contributed by atoms with van der Waals surface area (Å²) in [7, 11) is 1.09. The number of hydrogen-bond donors (Lipinski definition) is 1. The molecule has 0 radical (unpaired) electrons. The molecule has 0 bridgehead atoms. The number of aromatic nitrogens is 1. The lowest BCUT2D eigenvalue weighted by molar-refractivity contribution is -0.385. The summed E-state index contributed by atoms with van der Waals surface area (Å²) in [5.41, 5.74) is 5.24. The van der Waals surface area contributed by atoms with E-state index in [0.29, 0.717) is 5.56 Å². The molecule has 0 aliphatic carbocycles. The number of nitro groups is 2. The molecule has 1 atom stereocenters. The minimum absolute atomic E-state index is 0.0387. The highest BCUT2D eigenvalue weighted by atomic mass is 32.1. The molecule has 1 aromatic heterocycles. The molecule has 0 saturated carbocycles. The molecule has 0 amide bonds. The maximum Gasteiger partial charge on any atom is 0.338 e. The van der Waals surface area contributed by atoms with Crippen molar-refractivity contribution in [1.29, 1.82) is 0 Å². The van der Waals surface area contributed by atoms with Gasteiger partial charge in [0, 0.05) is 24.3 Å². The van der Waals surface area contributed by atoms with E-state index in [1.165, 1.54) is 48.5 Å². The Kier molecular flexibility index (Phi) is 7.40. The van der Waals surface area contributed by atoms with E-state index in [1.54, 1.807) is 13.0 Å². The van der Waals surface area contributed by atoms with Crippen molar-refractivity contribution in [3.8, 4) is 0 Å².